The van der Waals surface area contributed by atoms with Crippen LogP contribution >= 0.6 is 11.6 Å². The number of Topliss-reactive ketones (excluding diaryl/α,β-unsaturated/α-hetero) is 2. The lowest BCUT2D eigenvalue weighted by Crippen LogP contribution is -2.39. The van der Waals surface area contributed by atoms with Gasteiger partial charge in [-0.1, -0.05) is 31.5 Å². The molecule has 1 aliphatic carbocycles. The average molecular weight is 281 g/mol. The number of halogens is 1. The average Bonchev–Trinajstić information content (AvgIpc) is 2.37. The number of carbonyl (C=O) groups is 2. The molecule has 3 nitrogen and oxygen atoms in total. The van der Waals surface area contributed by atoms with Crippen molar-refractivity contribution in [2.24, 2.45) is 5.41 Å². The van der Waals surface area contributed by atoms with Crippen LogP contribution in [-0.4, -0.2) is 18.7 Å². The van der Waals surface area contributed by atoms with Gasteiger partial charge >= 0.3 is 0 Å². The SMILES string of the molecule is COc1cccc(Cl)c1C1C(=O)CCC(C)(C)C1=O. The molecule has 1 fully saturated rings. The second-order valence-electron chi connectivity index (χ2n) is 5.50. The van der Waals surface area contributed by atoms with E-state index in [1.807, 2.05) is 13.8 Å². The third kappa shape index (κ3) is 2.39. The fourth-order valence-corrected chi connectivity index (χ4v) is 2.78. The Kier molecular flexibility index (Phi) is 3.68. The Balaban J connectivity index is 2.56. The van der Waals surface area contributed by atoms with E-state index >= 15 is 0 Å². The summed E-state index contributed by atoms with van der Waals surface area (Å²) in [5, 5.41) is 0.406. The molecule has 19 heavy (non-hydrogen) atoms. The molecule has 0 N–H and O–H groups in total. The minimum absolute atomic E-state index is 0.0734. The van der Waals surface area contributed by atoms with Gasteiger partial charge in [0.1, 0.15) is 17.5 Å². The van der Waals surface area contributed by atoms with Crippen LogP contribution in [0, 0.1) is 5.41 Å². The van der Waals surface area contributed by atoms with Crippen LogP contribution in [0.1, 0.15) is 38.2 Å². The van der Waals surface area contributed by atoms with Crippen LogP contribution in [-0.2, 0) is 9.59 Å². The van der Waals surface area contributed by atoms with E-state index in [0.29, 0.717) is 29.2 Å². The van der Waals surface area contributed by atoms with Gasteiger partial charge in [-0.15, -0.1) is 0 Å². The molecule has 1 saturated carbocycles. The summed E-state index contributed by atoms with van der Waals surface area (Å²) in [6, 6.07) is 5.15. The minimum atomic E-state index is -0.799. The lowest BCUT2D eigenvalue weighted by Gasteiger charge is -2.33. The number of benzene rings is 1. The van der Waals surface area contributed by atoms with Crippen molar-refractivity contribution in [3.8, 4) is 5.75 Å². The summed E-state index contributed by atoms with van der Waals surface area (Å²) in [4.78, 5) is 24.7. The van der Waals surface area contributed by atoms with E-state index in [0.717, 1.165) is 0 Å². The van der Waals surface area contributed by atoms with Gasteiger partial charge in [-0.05, 0) is 18.6 Å². The molecule has 0 amide bonds. The first-order valence-corrected chi connectivity index (χ1v) is 6.65. The number of ether oxygens (including phenoxy) is 1. The molecule has 1 aromatic rings. The standard InChI is InChI=1S/C15H17ClO3/c1-15(2)8-7-10(17)13(14(15)18)12-9(16)5-4-6-11(12)19-3/h4-6,13H,7-8H2,1-3H3. The highest BCUT2D eigenvalue weighted by Gasteiger charge is 2.44. The summed E-state index contributed by atoms with van der Waals surface area (Å²) in [6.07, 6.45) is 0.992. The first-order chi connectivity index (χ1) is 8.88. The third-order valence-electron chi connectivity index (χ3n) is 3.77. The zero-order chi connectivity index (χ0) is 14.2. The van der Waals surface area contributed by atoms with Crippen LogP contribution in [0.25, 0.3) is 0 Å². The van der Waals surface area contributed by atoms with Crippen LogP contribution in [0.15, 0.2) is 18.2 Å². The highest BCUT2D eigenvalue weighted by Crippen LogP contribution is 2.43. The maximum absolute atomic E-state index is 12.5. The molecule has 0 bridgehead atoms. The highest BCUT2D eigenvalue weighted by atomic mass is 35.5. The third-order valence-corrected chi connectivity index (χ3v) is 4.10. The monoisotopic (exact) mass is 280 g/mol. The molecular weight excluding hydrogens is 264 g/mol. The van der Waals surface area contributed by atoms with Gasteiger partial charge in [-0.2, -0.15) is 0 Å². The van der Waals surface area contributed by atoms with E-state index in [1.165, 1.54) is 7.11 Å². The van der Waals surface area contributed by atoms with Gasteiger partial charge in [0.25, 0.3) is 0 Å². The number of hydrogen-bond acceptors (Lipinski definition) is 3. The predicted molar refractivity (Wildman–Crippen MR) is 73.8 cm³/mol. The van der Waals surface area contributed by atoms with E-state index in [4.69, 9.17) is 16.3 Å². The normalized spacial score (nSPS) is 22.4. The van der Waals surface area contributed by atoms with Crippen molar-refractivity contribution in [3.05, 3.63) is 28.8 Å². The van der Waals surface area contributed by atoms with Crippen molar-refractivity contribution in [2.75, 3.05) is 7.11 Å². The predicted octanol–water partition coefficient (Wildman–Crippen LogP) is 3.39. The van der Waals surface area contributed by atoms with Gasteiger partial charge in [0.15, 0.2) is 5.78 Å². The first-order valence-electron chi connectivity index (χ1n) is 6.28. The van der Waals surface area contributed by atoms with Crippen molar-refractivity contribution in [3.63, 3.8) is 0 Å². The Morgan fingerprint density at radius 3 is 2.63 bits per heavy atom. The lowest BCUT2D eigenvalue weighted by molar-refractivity contribution is -0.139. The van der Waals surface area contributed by atoms with Crippen molar-refractivity contribution in [1.82, 2.24) is 0 Å². The second-order valence-corrected chi connectivity index (χ2v) is 5.91. The summed E-state index contributed by atoms with van der Waals surface area (Å²) < 4.78 is 5.26. The van der Waals surface area contributed by atoms with Crippen LogP contribution in [0.4, 0.5) is 0 Å². The smallest absolute Gasteiger partial charge is 0.153 e. The maximum Gasteiger partial charge on any atom is 0.153 e. The van der Waals surface area contributed by atoms with Crippen LogP contribution in [0.3, 0.4) is 0 Å². The number of carbonyl (C=O) groups excluding carboxylic acids is 2. The van der Waals surface area contributed by atoms with E-state index in [-0.39, 0.29) is 11.6 Å². The number of methoxy groups -OCH3 is 1. The van der Waals surface area contributed by atoms with Gasteiger partial charge in [-0.3, -0.25) is 9.59 Å². The largest absolute Gasteiger partial charge is 0.496 e. The van der Waals surface area contributed by atoms with Crippen molar-refractivity contribution >= 4 is 23.2 Å². The zero-order valence-corrected chi connectivity index (χ0v) is 12.1. The summed E-state index contributed by atoms with van der Waals surface area (Å²) >= 11 is 6.18. The number of hydrogen-bond donors (Lipinski definition) is 0. The van der Waals surface area contributed by atoms with Crippen LogP contribution in [0.5, 0.6) is 5.75 Å². The molecule has 1 atom stereocenters. The summed E-state index contributed by atoms with van der Waals surface area (Å²) in [5.41, 5.74) is 0.0115. The Labute approximate surface area is 117 Å². The van der Waals surface area contributed by atoms with Gasteiger partial charge in [-0.25, -0.2) is 0 Å². The van der Waals surface area contributed by atoms with Gasteiger partial charge in [0, 0.05) is 22.4 Å². The molecule has 1 aliphatic rings. The Morgan fingerprint density at radius 2 is 2.00 bits per heavy atom. The quantitative estimate of drug-likeness (QED) is 0.780. The molecule has 0 heterocycles. The van der Waals surface area contributed by atoms with E-state index in [1.54, 1.807) is 18.2 Å². The zero-order valence-electron chi connectivity index (χ0n) is 11.3. The van der Waals surface area contributed by atoms with Gasteiger partial charge < -0.3 is 4.74 Å². The van der Waals surface area contributed by atoms with Crippen LogP contribution in [0.2, 0.25) is 5.02 Å². The minimum Gasteiger partial charge on any atom is -0.496 e. The molecule has 4 heteroatoms. The highest BCUT2D eigenvalue weighted by molar-refractivity contribution is 6.32. The molecule has 1 unspecified atom stereocenters. The Morgan fingerprint density at radius 1 is 1.32 bits per heavy atom. The second kappa shape index (κ2) is 4.97. The topological polar surface area (TPSA) is 43.4 Å². The molecule has 102 valence electrons. The van der Waals surface area contributed by atoms with E-state index < -0.39 is 11.3 Å². The summed E-state index contributed by atoms with van der Waals surface area (Å²) in [5.74, 6) is -0.449. The fraction of sp³-hybridized carbons (Fsp3) is 0.467. The molecule has 0 spiro atoms. The molecule has 2 rings (SSSR count). The van der Waals surface area contributed by atoms with Crippen molar-refractivity contribution in [1.29, 1.82) is 0 Å². The molecule has 0 saturated heterocycles. The van der Waals surface area contributed by atoms with E-state index in [9.17, 15) is 9.59 Å². The number of rotatable bonds is 2. The van der Waals surface area contributed by atoms with Crippen LogP contribution < -0.4 is 4.74 Å². The molecule has 0 aliphatic heterocycles. The van der Waals surface area contributed by atoms with E-state index in [2.05, 4.69) is 0 Å². The van der Waals surface area contributed by atoms with Crippen molar-refractivity contribution < 1.29 is 14.3 Å². The molecule has 0 aromatic heterocycles. The lowest BCUT2D eigenvalue weighted by atomic mass is 9.68. The fourth-order valence-electron chi connectivity index (χ4n) is 2.51. The number of ketones is 2. The molecule has 0 radical (unpaired) electrons. The summed E-state index contributed by atoms with van der Waals surface area (Å²) in [6.45, 7) is 3.75. The first kappa shape index (κ1) is 14.1. The Hall–Kier alpha value is -1.35. The molecular formula is C15H17ClO3. The van der Waals surface area contributed by atoms with Gasteiger partial charge in [0.05, 0.1) is 7.11 Å². The van der Waals surface area contributed by atoms with Gasteiger partial charge in [0.2, 0.25) is 0 Å². The van der Waals surface area contributed by atoms with Crippen molar-refractivity contribution in [2.45, 2.75) is 32.6 Å². The summed E-state index contributed by atoms with van der Waals surface area (Å²) in [7, 11) is 1.51. The Bertz CT molecular complexity index is 534. The molecule has 1 aromatic carbocycles. The maximum atomic E-state index is 12.5.